The summed E-state index contributed by atoms with van der Waals surface area (Å²) in [5.74, 6) is 1.86. The number of aryl methyl sites for hydroxylation is 1. The first-order valence-corrected chi connectivity index (χ1v) is 10.9. The average molecular weight is 472 g/mol. The standard InChI is InChI=1S/C23H26BrN3O3/c1-5-8-21-26-19-12-11-17(24)13-18(19)23(28)27(21)25-14-16-9-7-10-20(29-4)22(16)30-15(3)6-2/h7,9-15H,5-6,8H2,1-4H3/t15-/m1/s1. The molecule has 0 N–H and O–H groups in total. The number of methoxy groups -OCH3 is 1. The third-order valence-corrected chi connectivity index (χ3v) is 5.28. The summed E-state index contributed by atoms with van der Waals surface area (Å²) >= 11 is 3.43. The maximum Gasteiger partial charge on any atom is 0.282 e. The summed E-state index contributed by atoms with van der Waals surface area (Å²) in [5, 5.41) is 5.03. The van der Waals surface area contributed by atoms with E-state index >= 15 is 0 Å². The normalized spacial score (nSPS) is 12.4. The zero-order valence-corrected chi connectivity index (χ0v) is 19.3. The first kappa shape index (κ1) is 22.0. The number of nitrogens with zero attached hydrogens (tertiary/aromatic N) is 3. The van der Waals surface area contributed by atoms with E-state index in [4.69, 9.17) is 9.47 Å². The van der Waals surface area contributed by atoms with Crippen molar-refractivity contribution >= 4 is 33.0 Å². The lowest BCUT2D eigenvalue weighted by molar-refractivity contribution is 0.207. The molecule has 0 bridgehead atoms. The molecule has 30 heavy (non-hydrogen) atoms. The van der Waals surface area contributed by atoms with Crippen LogP contribution < -0.4 is 15.0 Å². The zero-order chi connectivity index (χ0) is 21.7. The molecule has 0 saturated heterocycles. The molecular formula is C23H26BrN3O3. The lowest BCUT2D eigenvalue weighted by Crippen LogP contribution is -2.22. The molecule has 3 rings (SSSR count). The summed E-state index contributed by atoms with van der Waals surface area (Å²) in [4.78, 5) is 17.8. The van der Waals surface area contributed by atoms with Gasteiger partial charge in [0.15, 0.2) is 11.5 Å². The SMILES string of the molecule is CCCc1nc2ccc(Br)cc2c(=O)n1N=Cc1cccc(OC)c1O[C@H](C)CC. The van der Waals surface area contributed by atoms with E-state index in [9.17, 15) is 4.79 Å². The second-order valence-corrected chi connectivity index (χ2v) is 7.93. The van der Waals surface area contributed by atoms with Gasteiger partial charge < -0.3 is 9.47 Å². The van der Waals surface area contributed by atoms with E-state index in [2.05, 4.69) is 32.9 Å². The van der Waals surface area contributed by atoms with E-state index in [1.807, 2.05) is 44.2 Å². The van der Waals surface area contributed by atoms with Crippen molar-refractivity contribution in [2.75, 3.05) is 7.11 Å². The van der Waals surface area contributed by atoms with Crippen molar-refractivity contribution in [3.63, 3.8) is 0 Å². The van der Waals surface area contributed by atoms with Gasteiger partial charge >= 0.3 is 0 Å². The Hall–Kier alpha value is -2.67. The number of benzene rings is 2. The highest BCUT2D eigenvalue weighted by Crippen LogP contribution is 2.31. The molecule has 0 unspecified atom stereocenters. The Labute approximate surface area is 184 Å². The van der Waals surface area contributed by atoms with Crippen molar-refractivity contribution in [1.29, 1.82) is 0 Å². The molecule has 0 radical (unpaired) electrons. The summed E-state index contributed by atoms with van der Waals surface area (Å²) in [7, 11) is 1.61. The van der Waals surface area contributed by atoms with Crippen molar-refractivity contribution in [3.05, 3.63) is 62.6 Å². The van der Waals surface area contributed by atoms with Gasteiger partial charge in [-0.05, 0) is 50.1 Å². The first-order valence-electron chi connectivity index (χ1n) is 10.1. The van der Waals surface area contributed by atoms with Crippen LogP contribution in [0, 0.1) is 0 Å². The van der Waals surface area contributed by atoms with Gasteiger partial charge in [0.05, 0.1) is 30.3 Å². The number of rotatable bonds is 8. The van der Waals surface area contributed by atoms with Gasteiger partial charge in [0.1, 0.15) is 5.82 Å². The van der Waals surface area contributed by atoms with Crippen LogP contribution in [0.15, 0.2) is 50.8 Å². The third-order valence-electron chi connectivity index (χ3n) is 4.78. The van der Waals surface area contributed by atoms with Gasteiger partial charge in [-0.2, -0.15) is 9.78 Å². The van der Waals surface area contributed by atoms with Crippen LogP contribution in [0.1, 0.15) is 45.0 Å². The second-order valence-electron chi connectivity index (χ2n) is 7.02. The molecule has 0 saturated carbocycles. The van der Waals surface area contributed by atoms with Gasteiger partial charge in [0.25, 0.3) is 5.56 Å². The summed E-state index contributed by atoms with van der Waals surface area (Å²) in [6.45, 7) is 6.11. The zero-order valence-electron chi connectivity index (χ0n) is 17.7. The lowest BCUT2D eigenvalue weighted by atomic mass is 10.2. The van der Waals surface area contributed by atoms with E-state index < -0.39 is 0 Å². The molecule has 6 nitrogen and oxygen atoms in total. The molecule has 1 atom stereocenters. The molecule has 0 fully saturated rings. The number of halogens is 1. The number of aromatic nitrogens is 2. The van der Waals surface area contributed by atoms with E-state index in [1.54, 1.807) is 19.4 Å². The smallest absolute Gasteiger partial charge is 0.282 e. The van der Waals surface area contributed by atoms with E-state index in [0.29, 0.717) is 34.6 Å². The van der Waals surface area contributed by atoms with Gasteiger partial charge in [-0.1, -0.05) is 35.8 Å². The Morgan fingerprint density at radius 2 is 2.07 bits per heavy atom. The molecule has 0 spiro atoms. The van der Waals surface area contributed by atoms with Gasteiger partial charge in [-0.25, -0.2) is 4.98 Å². The fourth-order valence-corrected chi connectivity index (χ4v) is 3.39. The largest absolute Gasteiger partial charge is 0.493 e. The number of para-hydroxylation sites is 1. The quantitative estimate of drug-likeness (QED) is 0.424. The molecule has 7 heteroatoms. The minimum atomic E-state index is -0.201. The van der Waals surface area contributed by atoms with Gasteiger partial charge in [-0.3, -0.25) is 4.79 Å². The summed E-state index contributed by atoms with van der Waals surface area (Å²) in [6.07, 6.45) is 4.01. The van der Waals surface area contributed by atoms with E-state index in [1.165, 1.54) is 4.68 Å². The fourth-order valence-electron chi connectivity index (χ4n) is 3.03. The van der Waals surface area contributed by atoms with E-state index in [0.717, 1.165) is 22.9 Å². The minimum absolute atomic E-state index is 0.0199. The third kappa shape index (κ3) is 4.73. The first-order chi connectivity index (χ1) is 14.5. The summed E-state index contributed by atoms with van der Waals surface area (Å²) in [6, 6.07) is 11.1. The molecular weight excluding hydrogens is 446 g/mol. The fraction of sp³-hybridized carbons (Fsp3) is 0.348. The van der Waals surface area contributed by atoms with Crippen LogP contribution in [0.2, 0.25) is 0 Å². The van der Waals surface area contributed by atoms with Crippen molar-refractivity contribution in [3.8, 4) is 11.5 Å². The van der Waals surface area contributed by atoms with Crippen molar-refractivity contribution in [1.82, 2.24) is 9.66 Å². The highest BCUT2D eigenvalue weighted by atomic mass is 79.9. The molecule has 2 aromatic carbocycles. The molecule has 158 valence electrons. The van der Waals surface area contributed by atoms with Crippen LogP contribution in [0.4, 0.5) is 0 Å². The second kappa shape index (κ2) is 9.89. The Kier molecular flexibility index (Phi) is 7.26. The Morgan fingerprint density at radius 3 is 2.77 bits per heavy atom. The van der Waals surface area contributed by atoms with Crippen molar-refractivity contribution < 1.29 is 9.47 Å². The van der Waals surface area contributed by atoms with Crippen LogP contribution in [0.3, 0.4) is 0 Å². The van der Waals surface area contributed by atoms with Crippen LogP contribution in [-0.4, -0.2) is 29.1 Å². The van der Waals surface area contributed by atoms with Crippen LogP contribution in [0.5, 0.6) is 11.5 Å². The van der Waals surface area contributed by atoms with Crippen LogP contribution in [0.25, 0.3) is 10.9 Å². The Bertz CT molecular complexity index is 1120. The minimum Gasteiger partial charge on any atom is -0.493 e. The van der Waals surface area contributed by atoms with Crippen molar-refractivity contribution in [2.45, 2.75) is 46.1 Å². The highest BCUT2D eigenvalue weighted by molar-refractivity contribution is 9.10. The molecule has 1 heterocycles. The number of ether oxygens (including phenoxy) is 2. The summed E-state index contributed by atoms with van der Waals surface area (Å²) < 4.78 is 13.7. The summed E-state index contributed by atoms with van der Waals surface area (Å²) in [5.41, 5.74) is 1.20. The number of hydrogen-bond donors (Lipinski definition) is 0. The van der Waals surface area contributed by atoms with Gasteiger partial charge in [0, 0.05) is 16.5 Å². The molecule has 0 aliphatic heterocycles. The average Bonchev–Trinajstić information content (AvgIpc) is 2.75. The Morgan fingerprint density at radius 1 is 1.27 bits per heavy atom. The topological polar surface area (TPSA) is 65.7 Å². The number of hydrogen-bond acceptors (Lipinski definition) is 5. The Balaban J connectivity index is 2.13. The predicted molar refractivity (Wildman–Crippen MR) is 124 cm³/mol. The lowest BCUT2D eigenvalue weighted by Gasteiger charge is -2.17. The monoisotopic (exact) mass is 471 g/mol. The molecule has 0 amide bonds. The van der Waals surface area contributed by atoms with Crippen LogP contribution in [-0.2, 0) is 6.42 Å². The molecule has 1 aromatic heterocycles. The highest BCUT2D eigenvalue weighted by Gasteiger charge is 2.14. The molecule has 3 aromatic rings. The van der Waals surface area contributed by atoms with Crippen molar-refractivity contribution in [2.24, 2.45) is 5.10 Å². The maximum atomic E-state index is 13.2. The van der Waals surface area contributed by atoms with E-state index in [-0.39, 0.29) is 11.7 Å². The number of fused-ring (bicyclic) bond motifs is 1. The molecule has 0 aliphatic carbocycles. The van der Waals surface area contributed by atoms with Gasteiger partial charge in [0.2, 0.25) is 0 Å². The maximum absolute atomic E-state index is 13.2. The van der Waals surface area contributed by atoms with Gasteiger partial charge in [-0.15, -0.1) is 0 Å². The molecule has 0 aliphatic rings. The predicted octanol–water partition coefficient (Wildman–Crippen LogP) is 5.18. The van der Waals surface area contributed by atoms with Crippen LogP contribution >= 0.6 is 15.9 Å².